The Hall–Kier alpha value is -1.92. The van der Waals surface area contributed by atoms with Crippen LogP contribution in [0.3, 0.4) is 0 Å². The second-order valence-electron chi connectivity index (χ2n) is 5.42. The molecule has 1 amide bonds. The number of aromatic nitrogens is 1. The Morgan fingerprint density at radius 1 is 1.41 bits per heavy atom. The van der Waals surface area contributed by atoms with Crippen molar-refractivity contribution in [2.45, 2.75) is 25.4 Å². The van der Waals surface area contributed by atoms with E-state index in [0.717, 1.165) is 30.9 Å². The predicted octanol–water partition coefficient (Wildman–Crippen LogP) is 2.00. The summed E-state index contributed by atoms with van der Waals surface area (Å²) in [5, 5.41) is 5.66. The van der Waals surface area contributed by atoms with Crippen LogP contribution in [0.25, 0.3) is 0 Å². The molecule has 0 bridgehead atoms. The van der Waals surface area contributed by atoms with Crippen LogP contribution in [0, 0.1) is 0 Å². The van der Waals surface area contributed by atoms with E-state index in [4.69, 9.17) is 5.73 Å². The van der Waals surface area contributed by atoms with Crippen molar-refractivity contribution in [2.75, 3.05) is 18.0 Å². The molecule has 1 aromatic heterocycles. The maximum atomic E-state index is 12.3. The van der Waals surface area contributed by atoms with Gasteiger partial charge in [0.05, 0.1) is 0 Å². The highest BCUT2D eigenvalue weighted by atomic mass is 32.1. The van der Waals surface area contributed by atoms with E-state index >= 15 is 0 Å². The van der Waals surface area contributed by atoms with Crippen LogP contribution in [-0.2, 0) is 6.54 Å². The summed E-state index contributed by atoms with van der Waals surface area (Å²) in [6.07, 6.45) is 2.08. The summed E-state index contributed by atoms with van der Waals surface area (Å²) in [7, 11) is 0. The van der Waals surface area contributed by atoms with Gasteiger partial charge in [0.1, 0.15) is 10.7 Å². The predicted molar refractivity (Wildman–Crippen MR) is 89.1 cm³/mol. The molecule has 1 aliphatic heterocycles. The number of anilines is 1. The molecule has 116 valence electrons. The molecule has 0 spiro atoms. The van der Waals surface area contributed by atoms with E-state index in [1.165, 1.54) is 17.0 Å². The SMILES string of the molecule is NCc1nc(C(=O)NC2CCCN(c3ccccc3)C2)cs1. The number of piperidine rings is 1. The lowest BCUT2D eigenvalue weighted by Gasteiger charge is -2.34. The average molecular weight is 316 g/mol. The van der Waals surface area contributed by atoms with E-state index in [1.807, 2.05) is 18.2 Å². The molecule has 0 aliphatic carbocycles. The van der Waals surface area contributed by atoms with Gasteiger partial charge >= 0.3 is 0 Å². The van der Waals surface area contributed by atoms with Crippen molar-refractivity contribution in [3.63, 3.8) is 0 Å². The zero-order valence-corrected chi connectivity index (χ0v) is 13.2. The third-order valence-corrected chi connectivity index (χ3v) is 4.71. The fraction of sp³-hybridized carbons (Fsp3) is 0.375. The van der Waals surface area contributed by atoms with Crippen molar-refractivity contribution in [1.29, 1.82) is 0 Å². The molecule has 22 heavy (non-hydrogen) atoms. The fourth-order valence-corrected chi connectivity index (χ4v) is 3.39. The molecule has 0 saturated carbocycles. The molecule has 0 radical (unpaired) electrons. The summed E-state index contributed by atoms with van der Waals surface area (Å²) >= 11 is 1.43. The van der Waals surface area contributed by atoms with Crippen LogP contribution >= 0.6 is 11.3 Å². The first kappa shape index (κ1) is 15.0. The molecule has 1 unspecified atom stereocenters. The molecule has 2 aromatic rings. The lowest BCUT2D eigenvalue weighted by atomic mass is 10.0. The summed E-state index contributed by atoms with van der Waals surface area (Å²) < 4.78 is 0. The van der Waals surface area contributed by atoms with Crippen molar-refractivity contribution in [3.05, 3.63) is 46.4 Å². The number of benzene rings is 1. The van der Waals surface area contributed by atoms with Gasteiger partial charge in [-0.05, 0) is 25.0 Å². The standard InChI is InChI=1S/C16H20N4OS/c17-9-15-19-14(11-22-15)16(21)18-12-5-4-8-20(10-12)13-6-2-1-3-7-13/h1-3,6-7,11-12H,4-5,8-10,17H2,(H,18,21). The number of para-hydroxylation sites is 1. The van der Waals surface area contributed by atoms with Crippen LogP contribution in [0.15, 0.2) is 35.7 Å². The minimum Gasteiger partial charge on any atom is -0.369 e. The largest absolute Gasteiger partial charge is 0.369 e. The van der Waals surface area contributed by atoms with Gasteiger partial charge in [0.2, 0.25) is 0 Å². The van der Waals surface area contributed by atoms with Gasteiger partial charge < -0.3 is 16.0 Å². The number of amides is 1. The quantitative estimate of drug-likeness (QED) is 0.905. The second-order valence-corrected chi connectivity index (χ2v) is 6.37. The van der Waals surface area contributed by atoms with Crippen molar-refractivity contribution in [3.8, 4) is 0 Å². The molecule has 5 nitrogen and oxygen atoms in total. The van der Waals surface area contributed by atoms with Gasteiger partial charge in [0.15, 0.2) is 0 Å². The molecule has 1 fully saturated rings. The number of nitrogens with zero attached hydrogens (tertiary/aromatic N) is 2. The summed E-state index contributed by atoms with van der Waals surface area (Å²) in [6, 6.07) is 10.5. The van der Waals surface area contributed by atoms with Gasteiger partial charge in [0, 0.05) is 36.7 Å². The number of rotatable bonds is 4. The molecule has 1 aromatic carbocycles. The van der Waals surface area contributed by atoms with Gasteiger partial charge in [-0.1, -0.05) is 18.2 Å². The average Bonchev–Trinajstić information content (AvgIpc) is 3.05. The van der Waals surface area contributed by atoms with Crippen LogP contribution in [-0.4, -0.2) is 30.0 Å². The number of hydrogen-bond acceptors (Lipinski definition) is 5. The van der Waals surface area contributed by atoms with E-state index < -0.39 is 0 Å². The third-order valence-electron chi connectivity index (χ3n) is 3.84. The number of nitrogens with two attached hydrogens (primary N) is 1. The maximum absolute atomic E-state index is 12.3. The second kappa shape index (κ2) is 6.89. The number of carbonyl (C=O) groups is 1. The smallest absolute Gasteiger partial charge is 0.271 e. The first-order chi connectivity index (χ1) is 10.8. The van der Waals surface area contributed by atoms with Crippen LogP contribution < -0.4 is 16.0 Å². The van der Waals surface area contributed by atoms with Crippen molar-refractivity contribution >= 4 is 22.9 Å². The van der Waals surface area contributed by atoms with Crippen LogP contribution in [0.2, 0.25) is 0 Å². The first-order valence-electron chi connectivity index (χ1n) is 7.51. The Labute approximate surface area is 134 Å². The van der Waals surface area contributed by atoms with E-state index in [2.05, 4.69) is 27.3 Å². The topological polar surface area (TPSA) is 71.2 Å². The molecular formula is C16H20N4OS. The number of thiazole rings is 1. The Bertz CT molecular complexity index is 628. The highest BCUT2D eigenvalue weighted by molar-refractivity contribution is 7.09. The Morgan fingerprint density at radius 3 is 2.95 bits per heavy atom. The molecule has 6 heteroatoms. The van der Waals surface area contributed by atoms with E-state index in [9.17, 15) is 4.79 Å². The molecule has 1 saturated heterocycles. The number of carbonyl (C=O) groups excluding carboxylic acids is 1. The highest BCUT2D eigenvalue weighted by Crippen LogP contribution is 2.19. The van der Waals surface area contributed by atoms with E-state index in [1.54, 1.807) is 5.38 Å². The van der Waals surface area contributed by atoms with Gasteiger partial charge in [-0.3, -0.25) is 4.79 Å². The summed E-state index contributed by atoms with van der Waals surface area (Å²) in [6.45, 7) is 2.25. The minimum absolute atomic E-state index is 0.101. The van der Waals surface area contributed by atoms with Gasteiger partial charge in [-0.2, -0.15) is 0 Å². The lowest BCUT2D eigenvalue weighted by Crippen LogP contribution is -2.47. The van der Waals surface area contributed by atoms with Crippen LogP contribution in [0.4, 0.5) is 5.69 Å². The minimum atomic E-state index is -0.101. The van der Waals surface area contributed by atoms with Gasteiger partial charge in [0.25, 0.3) is 5.91 Å². The summed E-state index contributed by atoms with van der Waals surface area (Å²) in [4.78, 5) is 18.8. The zero-order valence-electron chi connectivity index (χ0n) is 12.4. The number of hydrogen-bond donors (Lipinski definition) is 2. The molecule has 1 aliphatic rings. The maximum Gasteiger partial charge on any atom is 0.271 e. The van der Waals surface area contributed by atoms with Crippen LogP contribution in [0.5, 0.6) is 0 Å². The zero-order chi connectivity index (χ0) is 15.4. The Balaban J connectivity index is 1.61. The van der Waals surface area contributed by atoms with E-state index in [-0.39, 0.29) is 11.9 Å². The monoisotopic (exact) mass is 316 g/mol. The first-order valence-corrected chi connectivity index (χ1v) is 8.39. The highest BCUT2D eigenvalue weighted by Gasteiger charge is 2.22. The molecule has 3 N–H and O–H groups in total. The summed E-state index contributed by atoms with van der Waals surface area (Å²) in [5.41, 5.74) is 7.22. The molecule has 3 rings (SSSR count). The van der Waals surface area contributed by atoms with Crippen molar-refractivity contribution < 1.29 is 4.79 Å². The van der Waals surface area contributed by atoms with Gasteiger partial charge in [-0.15, -0.1) is 11.3 Å². The lowest BCUT2D eigenvalue weighted by molar-refractivity contribution is 0.0928. The third kappa shape index (κ3) is 3.45. The molecular weight excluding hydrogens is 296 g/mol. The van der Waals surface area contributed by atoms with Crippen molar-refractivity contribution in [2.24, 2.45) is 5.73 Å². The number of nitrogens with one attached hydrogen (secondary N) is 1. The van der Waals surface area contributed by atoms with E-state index in [0.29, 0.717) is 12.2 Å². The Kier molecular flexibility index (Phi) is 4.70. The van der Waals surface area contributed by atoms with Crippen molar-refractivity contribution in [1.82, 2.24) is 10.3 Å². The van der Waals surface area contributed by atoms with Crippen LogP contribution in [0.1, 0.15) is 28.3 Å². The molecule has 2 heterocycles. The summed E-state index contributed by atoms with van der Waals surface area (Å²) in [5.74, 6) is -0.101. The molecule has 1 atom stereocenters. The van der Waals surface area contributed by atoms with Gasteiger partial charge in [-0.25, -0.2) is 4.98 Å². The fourth-order valence-electron chi connectivity index (χ4n) is 2.74. The Morgan fingerprint density at radius 2 is 2.23 bits per heavy atom. The normalized spacial score (nSPS) is 18.2.